The average molecular weight is 348 g/mol. The van der Waals surface area contributed by atoms with Crippen LogP contribution in [0.5, 0.6) is 11.5 Å². The smallest absolute Gasteiger partial charge is 0.309 e. The highest BCUT2D eigenvalue weighted by atomic mass is 16.7. The van der Waals surface area contributed by atoms with E-state index in [1.807, 2.05) is 0 Å². The largest absolute Gasteiger partial charge is 0.454 e. The number of carbonyl (C=O) groups excluding carboxylic acids is 2. The molecular formula is C18H24N2O5. The fourth-order valence-electron chi connectivity index (χ4n) is 3.28. The van der Waals surface area contributed by atoms with Gasteiger partial charge in [0, 0.05) is 13.1 Å². The first kappa shape index (κ1) is 17.5. The first-order valence-electron chi connectivity index (χ1n) is 8.76. The Kier molecular flexibility index (Phi) is 5.75. The number of rotatable bonds is 5. The molecule has 0 saturated heterocycles. The fourth-order valence-corrected chi connectivity index (χ4v) is 3.28. The van der Waals surface area contributed by atoms with Crippen LogP contribution in [0.4, 0.5) is 0 Å². The van der Waals surface area contributed by atoms with Gasteiger partial charge in [-0.05, 0) is 36.5 Å². The molecule has 25 heavy (non-hydrogen) atoms. The molecule has 1 unspecified atom stereocenters. The van der Waals surface area contributed by atoms with E-state index in [0.29, 0.717) is 11.5 Å². The van der Waals surface area contributed by atoms with Gasteiger partial charge in [-0.25, -0.2) is 0 Å². The summed E-state index contributed by atoms with van der Waals surface area (Å²) >= 11 is 0. The van der Waals surface area contributed by atoms with Gasteiger partial charge < -0.3 is 25.2 Å². The van der Waals surface area contributed by atoms with E-state index in [2.05, 4.69) is 10.6 Å². The molecule has 0 bridgehead atoms. The van der Waals surface area contributed by atoms with Crippen molar-refractivity contribution in [2.75, 3.05) is 13.3 Å². The van der Waals surface area contributed by atoms with Crippen molar-refractivity contribution < 1.29 is 24.2 Å². The fraction of sp³-hybridized carbons (Fsp3) is 0.556. The van der Waals surface area contributed by atoms with Crippen molar-refractivity contribution in [2.24, 2.45) is 5.92 Å². The molecule has 1 aromatic carbocycles. The van der Waals surface area contributed by atoms with E-state index < -0.39 is 17.9 Å². The zero-order chi connectivity index (χ0) is 17.6. The van der Waals surface area contributed by atoms with Gasteiger partial charge in [-0.1, -0.05) is 25.3 Å². The molecule has 3 N–H and O–H groups in total. The van der Waals surface area contributed by atoms with Gasteiger partial charge in [-0.3, -0.25) is 9.59 Å². The number of nitrogens with one attached hydrogen (secondary N) is 2. The molecule has 1 aliphatic heterocycles. The Labute approximate surface area is 146 Å². The normalized spacial score (nSPS) is 17.8. The van der Waals surface area contributed by atoms with Gasteiger partial charge in [0.05, 0.1) is 6.10 Å². The molecule has 1 heterocycles. The molecule has 7 heteroatoms. The van der Waals surface area contributed by atoms with Crippen molar-refractivity contribution in [3.8, 4) is 11.5 Å². The van der Waals surface area contributed by atoms with Crippen LogP contribution in [0.25, 0.3) is 0 Å². The SMILES string of the molecule is O=C(NCc1ccc2c(c1)OCO2)C(=O)NCC(O)C1CCCCC1. The van der Waals surface area contributed by atoms with Crippen LogP contribution in [0.3, 0.4) is 0 Å². The topological polar surface area (TPSA) is 96.9 Å². The maximum atomic E-state index is 11.9. The summed E-state index contributed by atoms with van der Waals surface area (Å²) in [5.74, 6) is 0.0752. The number of ether oxygens (including phenoxy) is 2. The molecule has 1 atom stereocenters. The maximum absolute atomic E-state index is 11.9. The van der Waals surface area contributed by atoms with E-state index in [0.717, 1.165) is 31.2 Å². The number of hydrogen-bond donors (Lipinski definition) is 3. The van der Waals surface area contributed by atoms with E-state index in [1.54, 1.807) is 18.2 Å². The van der Waals surface area contributed by atoms with Crippen molar-refractivity contribution >= 4 is 11.8 Å². The van der Waals surface area contributed by atoms with Gasteiger partial charge in [0.15, 0.2) is 11.5 Å². The minimum atomic E-state index is -0.726. The lowest BCUT2D eigenvalue weighted by Gasteiger charge is -2.26. The lowest BCUT2D eigenvalue weighted by atomic mass is 9.85. The summed E-state index contributed by atoms with van der Waals surface area (Å²) in [6.45, 7) is 0.520. The molecule has 2 aliphatic rings. The second kappa shape index (κ2) is 8.20. The summed E-state index contributed by atoms with van der Waals surface area (Å²) in [4.78, 5) is 23.7. The van der Waals surface area contributed by atoms with E-state index in [9.17, 15) is 14.7 Å². The molecule has 1 fully saturated rings. The summed E-state index contributed by atoms with van der Waals surface area (Å²) in [5, 5.41) is 15.2. The molecule has 7 nitrogen and oxygen atoms in total. The Morgan fingerprint density at radius 3 is 2.60 bits per heavy atom. The van der Waals surface area contributed by atoms with Gasteiger partial charge in [-0.2, -0.15) is 0 Å². The van der Waals surface area contributed by atoms with Gasteiger partial charge in [0.1, 0.15) is 0 Å². The van der Waals surface area contributed by atoms with Gasteiger partial charge >= 0.3 is 11.8 Å². The third kappa shape index (κ3) is 4.63. The molecule has 0 aromatic heterocycles. The molecule has 136 valence electrons. The standard InChI is InChI=1S/C18H24N2O5/c21-14(13-4-2-1-3-5-13)10-20-18(23)17(22)19-9-12-6-7-15-16(8-12)25-11-24-15/h6-8,13-14,21H,1-5,9-11H2,(H,19,22)(H,20,23). The minimum Gasteiger partial charge on any atom is -0.454 e. The average Bonchev–Trinajstić information content (AvgIpc) is 3.12. The van der Waals surface area contributed by atoms with Gasteiger partial charge in [0.25, 0.3) is 0 Å². The molecule has 3 rings (SSSR count). The Morgan fingerprint density at radius 2 is 1.80 bits per heavy atom. The lowest BCUT2D eigenvalue weighted by Crippen LogP contribution is -2.44. The first-order chi connectivity index (χ1) is 12.1. The summed E-state index contributed by atoms with van der Waals surface area (Å²) < 4.78 is 10.5. The van der Waals surface area contributed by atoms with Crippen LogP contribution >= 0.6 is 0 Å². The predicted molar refractivity (Wildman–Crippen MR) is 90.0 cm³/mol. The highest BCUT2D eigenvalue weighted by molar-refractivity contribution is 6.35. The number of fused-ring (bicyclic) bond motifs is 1. The highest BCUT2D eigenvalue weighted by Crippen LogP contribution is 2.32. The minimum absolute atomic E-state index is 0.112. The zero-order valence-electron chi connectivity index (χ0n) is 14.1. The number of carbonyl (C=O) groups is 2. The van der Waals surface area contributed by atoms with E-state index in [4.69, 9.17) is 9.47 Å². The monoisotopic (exact) mass is 348 g/mol. The quantitative estimate of drug-likeness (QED) is 0.692. The number of aliphatic hydroxyl groups is 1. The summed E-state index contributed by atoms with van der Waals surface area (Å²) in [5.41, 5.74) is 0.813. The van der Waals surface area contributed by atoms with Crippen LogP contribution in [0.15, 0.2) is 18.2 Å². The first-order valence-corrected chi connectivity index (χ1v) is 8.76. The van der Waals surface area contributed by atoms with Gasteiger partial charge in [-0.15, -0.1) is 0 Å². The molecule has 1 saturated carbocycles. The third-order valence-corrected chi connectivity index (χ3v) is 4.76. The Hall–Kier alpha value is -2.28. The number of aliphatic hydroxyl groups excluding tert-OH is 1. The Balaban J connectivity index is 1.41. The van der Waals surface area contributed by atoms with Crippen molar-refractivity contribution in [3.05, 3.63) is 23.8 Å². The van der Waals surface area contributed by atoms with Crippen molar-refractivity contribution in [2.45, 2.75) is 44.8 Å². The lowest BCUT2D eigenvalue weighted by molar-refractivity contribution is -0.139. The molecule has 1 aromatic rings. The van der Waals surface area contributed by atoms with Crippen molar-refractivity contribution in [1.82, 2.24) is 10.6 Å². The number of hydrogen-bond acceptors (Lipinski definition) is 5. The molecule has 2 amide bonds. The van der Waals surface area contributed by atoms with Crippen molar-refractivity contribution in [1.29, 1.82) is 0 Å². The van der Waals surface area contributed by atoms with Crippen LogP contribution in [0.1, 0.15) is 37.7 Å². The summed E-state index contributed by atoms with van der Waals surface area (Å²) in [6.07, 6.45) is 4.81. The van der Waals surface area contributed by atoms with E-state index >= 15 is 0 Å². The van der Waals surface area contributed by atoms with Crippen LogP contribution in [-0.2, 0) is 16.1 Å². The van der Waals surface area contributed by atoms with E-state index in [1.165, 1.54) is 6.42 Å². The highest BCUT2D eigenvalue weighted by Gasteiger charge is 2.23. The maximum Gasteiger partial charge on any atom is 0.309 e. The third-order valence-electron chi connectivity index (χ3n) is 4.76. The molecule has 0 spiro atoms. The zero-order valence-corrected chi connectivity index (χ0v) is 14.1. The van der Waals surface area contributed by atoms with Gasteiger partial charge in [0.2, 0.25) is 6.79 Å². The van der Waals surface area contributed by atoms with Crippen LogP contribution in [0.2, 0.25) is 0 Å². The predicted octanol–water partition coefficient (Wildman–Crippen LogP) is 1.09. The van der Waals surface area contributed by atoms with E-state index in [-0.39, 0.29) is 25.8 Å². The molecule has 1 aliphatic carbocycles. The summed E-state index contributed by atoms with van der Waals surface area (Å²) in [6, 6.07) is 5.34. The number of benzene rings is 1. The van der Waals surface area contributed by atoms with Crippen molar-refractivity contribution in [3.63, 3.8) is 0 Å². The van der Waals surface area contributed by atoms with Crippen LogP contribution in [-0.4, -0.2) is 36.4 Å². The second-order valence-electron chi connectivity index (χ2n) is 6.55. The second-order valence-corrected chi connectivity index (χ2v) is 6.55. The Morgan fingerprint density at radius 1 is 1.08 bits per heavy atom. The summed E-state index contributed by atoms with van der Waals surface area (Å²) in [7, 11) is 0. The van der Waals surface area contributed by atoms with Crippen LogP contribution in [0, 0.1) is 5.92 Å². The Bertz CT molecular complexity index is 628. The molecule has 0 radical (unpaired) electrons. The molecular weight excluding hydrogens is 324 g/mol. The number of amides is 2. The van der Waals surface area contributed by atoms with Crippen LogP contribution < -0.4 is 20.1 Å².